The quantitative estimate of drug-likeness (QED) is 0.298. The fraction of sp³-hybridized carbons (Fsp3) is 0.250. The van der Waals surface area contributed by atoms with Gasteiger partial charge in [-0.1, -0.05) is 54.0 Å². The molecule has 0 radical (unpaired) electrons. The average molecular weight is 446 g/mol. The molecule has 0 saturated heterocycles. The van der Waals surface area contributed by atoms with Crippen molar-refractivity contribution in [2.24, 2.45) is 0 Å². The zero-order chi connectivity index (χ0) is 21.7. The van der Waals surface area contributed by atoms with E-state index in [9.17, 15) is 14.9 Å². The fourth-order valence-corrected chi connectivity index (χ4v) is 3.84. The maximum absolute atomic E-state index is 12.4. The minimum atomic E-state index is -0.542. The number of rotatable bonds is 8. The lowest BCUT2D eigenvalue weighted by Crippen LogP contribution is -2.15. The van der Waals surface area contributed by atoms with Gasteiger partial charge in [-0.25, -0.2) is 0 Å². The van der Waals surface area contributed by atoms with Crippen LogP contribution in [-0.4, -0.2) is 31.3 Å². The van der Waals surface area contributed by atoms with Crippen molar-refractivity contribution < 1.29 is 9.72 Å². The summed E-state index contributed by atoms with van der Waals surface area (Å²) in [6.45, 7) is 4.82. The van der Waals surface area contributed by atoms with Crippen LogP contribution in [0.1, 0.15) is 18.9 Å². The number of thioether (sulfide) groups is 1. The first-order chi connectivity index (χ1) is 14.4. The van der Waals surface area contributed by atoms with Crippen LogP contribution in [0.3, 0.4) is 0 Å². The minimum Gasteiger partial charge on any atom is -0.324 e. The van der Waals surface area contributed by atoms with Crippen LogP contribution in [0.15, 0.2) is 47.6 Å². The normalized spacial score (nSPS) is 10.8. The summed E-state index contributed by atoms with van der Waals surface area (Å²) >= 11 is 7.31. The van der Waals surface area contributed by atoms with Crippen molar-refractivity contribution in [2.45, 2.75) is 32.0 Å². The number of nitrogens with one attached hydrogen (secondary N) is 1. The smallest absolute Gasteiger partial charge is 0.271 e. The van der Waals surface area contributed by atoms with Crippen LogP contribution in [0.2, 0.25) is 5.02 Å². The molecule has 3 aromatic rings. The van der Waals surface area contributed by atoms with E-state index < -0.39 is 4.92 Å². The summed E-state index contributed by atoms with van der Waals surface area (Å²) in [5.74, 6) is 0.573. The van der Waals surface area contributed by atoms with Gasteiger partial charge in [-0.2, -0.15) is 0 Å². The monoisotopic (exact) mass is 445 g/mol. The Kier molecular flexibility index (Phi) is 7.07. The molecule has 2 aromatic carbocycles. The van der Waals surface area contributed by atoms with Gasteiger partial charge in [-0.3, -0.25) is 14.9 Å². The van der Waals surface area contributed by atoms with Crippen LogP contribution in [0.25, 0.3) is 11.4 Å². The number of nitrogens with zero attached hydrogens (tertiary/aromatic N) is 4. The number of halogens is 1. The molecule has 0 unspecified atom stereocenters. The highest BCUT2D eigenvalue weighted by atomic mass is 35.5. The number of non-ortho nitro benzene ring substituents is 1. The van der Waals surface area contributed by atoms with E-state index in [1.807, 2.05) is 35.8 Å². The number of hydrogen-bond acceptors (Lipinski definition) is 6. The maximum atomic E-state index is 12.4. The Labute approximate surface area is 182 Å². The molecule has 0 saturated carbocycles. The summed E-state index contributed by atoms with van der Waals surface area (Å²) in [4.78, 5) is 22.6. The van der Waals surface area contributed by atoms with E-state index in [-0.39, 0.29) is 22.4 Å². The minimum absolute atomic E-state index is 0.100. The lowest BCUT2D eigenvalue weighted by Gasteiger charge is -2.10. The number of carbonyl (C=O) groups is 1. The summed E-state index contributed by atoms with van der Waals surface area (Å²) in [5.41, 5.74) is 2.30. The standard InChI is InChI=1S/C20H20ClN5O3S/c1-3-9-25-19(14-6-4-5-13(2)10-14)23-24-20(25)30-12-18(27)22-17-8-7-15(26(28)29)11-16(17)21/h4-8,10-11H,3,9,12H2,1-2H3,(H,22,27). The zero-order valence-corrected chi connectivity index (χ0v) is 18.0. The molecule has 0 fully saturated rings. The molecular weight excluding hydrogens is 426 g/mol. The molecule has 1 aromatic heterocycles. The van der Waals surface area contributed by atoms with Gasteiger partial charge in [-0.15, -0.1) is 10.2 Å². The third kappa shape index (κ3) is 5.17. The molecule has 30 heavy (non-hydrogen) atoms. The van der Waals surface area contributed by atoms with E-state index in [2.05, 4.69) is 22.4 Å². The van der Waals surface area contributed by atoms with E-state index in [4.69, 9.17) is 11.6 Å². The molecule has 1 N–H and O–H groups in total. The van der Waals surface area contributed by atoms with Crippen molar-refractivity contribution in [3.63, 3.8) is 0 Å². The van der Waals surface area contributed by atoms with Gasteiger partial charge in [-0.05, 0) is 25.5 Å². The fourth-order valence-electron chi connectivity index (χ4n) is 2.85. The molecule has 1 heterocycles. The maximum Gasteiger partial charge on any atom is 0.271 e. The molecule has 0 bridgehead atoms. The van der Waals surface area contributed by atoms with Crippen LogP contribution in [-0.2, 0) is 11.3 Å². The predicted octanol–water partition coefficient (Wildman–Crippen LogP) is 4.96. The number of amides is 1. The third-order valence-electron chi connectivity index (χ3n) is 4.21. The molecule has 10 heteroatoms. The molecule has 8 nitrogen and oxygen atoms in total. The first kappa shape index (κ1) is 21.8. The van der Waals surface area contributed by atoms with Crippen molar-refractivity contribution in [3.05, 3.63) is 63.2 Å². The number of nitro groups is 1. The highest BCUT2D eigenvalue weighted by molar-refractivity contribution is 7.99. The summed E-state index contributed by atoms with van der Waals surface area (Å²) in [5, 5.41) is 22.8. The average Bonchev–Trinajstić information content (AvgIpc) is 3.11. The number of aryl methyl sites for hydroxylation is 1. The van der Waals surface area contributed by atoms with E-state index in [0.717, 1.165) is 29.9 Å². The summed E-state index contributed by atoms with van der Waals surface area (Å²) in [6, 6.07) is 11.9. The Morgan fingerprint density at radius 1 is 1.27 bits per heavy atom. The Hall–Kier alpha value is -2.91. The van der Waals surface area contributed by atoms with Crippen molar-refractivity contribution in [2.75, 3.05) is 11.1 Å². The molecule has 0 aliphatic carbocycles. The molecule has 0 aliphatic heterocycles. The summed E-state index contributed by atoms with van der Waals surface area (Å²) in [7, 11) is 0. The Morgan fingerprint density at radius 3 is 2.73 bits per heavy atom. The van der Waals surface area contributed by atoms with Crippen molar-refractivity contribution in [1.82, 2.24) is 14.8 Å². The van der Waals surface area contributed by atoms with E-state index in [0.29, 0.717) is 10.8 Å². The summed E-state index contributed by atoms with van der Waals surface area (Å²) < 4.78 is 2.01. The molecule has 156 valence electrons. The highest BCUT2D eigenvalue weighted by Crippen LogP contribution is 2.28. The molecule has 0 spiro atoms. The molecule has 3 rings (SSSR count). The van der Waals surface area contributed by atoms with Gasteiger partial charge < -0.3 is 9.88 Å². The Morgan fingerprint density at radius 2 is 2.07 bits per heavy atom. The number of anilines is 1. The second-order valence-electron chi connectivity index (χ2n) is 6.59. The first-order valence-electron chi connectivity index (χ1n) is 9.26. The Bertz CT molecular complexity index is 1090. The largest absolute Gasteiger partial charge is 0.324 e. The van der Waals surface area contributed by atoms with Crippen molar-refractivity contribution in [1.29, 1.82) is 0 Å². The number of hydrogen-bond donors (Lipinski definition) is 1. The van der Waals surface area contributed by atoms with Crippen LogP contribution in [0.5, 0.6) is 0 Å². The van der Waals surface area contributed by atoms with Gasteiger partial charge in [0.15, 0.2) is 11.0 Å². The van der Waals surface area contributed by atoms with Gasteiger partial charge in [0.1, 0.15) is 0 Å². The predicted molar refractivity (Wildman–Crippen MR) is 118 cm³/mol. The first-order valence-corrected chi connectivity index (χ1v) is 10.6. The van der Waals surface area contributed by atoms with Gasteiger partial charge in [0.2, 0.25) is 5.91 Å². The van der Waals surface area contributed by atoms with E-state index in [1.165, 1.54) is 30.0 Å². The lowest BCUT2D eigenvalue weighted by molar-refractivity contribution is -0.384. The van der Waals surface area contributed by atoms with Gasteiger partial charge >= 0.3 is 0 Å². The van der Waals surface area contributed by atoms with Gasteiger partial charge in [0.25, 0.3) is 5.69 Å². The SMILES string of the molecule is CCCn1c(SCC(=O)Nc2ccc([N+](=O)[O-])cc2Cl)nnc1-c1cccc(C)c1. The topological polar surface area (TPSA) is 103 Å². The number of aromatic nitrogens is 3. The van der Waals surface area contributed by atoms with Crippen LogP contribution >= 0.6 is 23.4 Å². The molecule has 1 amide bonds. The van der Waals surface area contributed by atoms with Crippen molar-refractivity contribution >= 4 is 40.6 Å². The Balaban J connectivity index is 1.71. The molecule has 0 aliphatic rings. The summed E-state index contributed by atoms with van der Waals surface area (Å²) in [6.07, 6.45) is 0.898. The van der Waals surface area contributed by atoms with E-state index >= 15 is 0 Å². The number of carbonyl (C=O) groups excluding carboxylic acids is 1. The van der Waals surface area contributed by atoms with Crippen LogP contribution in [0.4, 0.5) is 11.4 Å². The van der Waals surface area contributed by atoms with Gasteiger partial charge in [0.05, 0.1) is 21.4 Å². The van der Waals surface area contributed by atoms with Crippen LogP contribution < -0.4 is 5.32 Å². The zero-order valence-electron chi connectivity index (χ0n) is 16.5. The lowest BCUT2D eigenvalue weighted by atomic mass is 10.1. The molecule has 0 atom stereocenters. The number of nitro benzene ring substituents is 1. The van der Waals surface area contributed by atoms with E-state index in [1.54, 1.807) is 0 Å². The van der Waals surface area contributed by atoms with Gasteiger partial charge in [0, 0.05) is 24.2 Å². The second kappa shape index (κ2) is 9.73. The van der Waals surface area contributed by atoms with Crippen molar-refractivity contribution in [3.8, 4) is 11.4 Å². The number of benzene rings is 2. The molecular formula is C20H20ClN5O3S. The highest BCUT2D eigenvalue weighted by Gasteiger charge is 2.16. The van der Waals surface area contributed by atoms with Crippen LogP contribution in [0, 0.1) is 17.0 Å². The third-order valence-corrected chi connectivity index (χ3v) is 5.49. The second-order valence-corrected chi connectivity index (χ2v) is 7.94.